The molecule has 1 amide bonds. The van der Waals surface area contributed by atoms with Crippen LogP contribution in [0.3, 0.4) is 0 Å². The van der Waals surface area contributed by atoms with Crippen molar-refractivity contribution in [1.29, 1.82) is 0 Å². The van der Waals surface area contributed by atoms with Crippen LogP contribution in [0.25, 0.3) is 11.2 Å². The molecular formula is C25H25Cl2N7O4. The quantitative estimate of drug-likeness (QED) is 0.256. The van der Waals surface area contributed by atoms with Crippen molar-refractivity contribution in [2.45, 2.75) is 37.6 Å². The van der Waals surface area contributed by atoms with E-state index in [1.807, 2.05) is 24.3 Å². The second kappa shape index (κ2) is 11.1. The Kier molecular flexibility index (Phi) is 7.63. The number of amides is 1. The van der Waals surface area contributed by atoms with E-state index in [1.165, 1.54) is 24.3 Å². The van der Waals surface area contributed by atoms with Crippen LogP contribution < -0.4 is 21.1 Å². The minimum Gasteiger partial charge on any atom is -0.489 e. The molecule has 0 radical (unpaired) electrons. The Morgan fingerprint density at radius 1 is 1.18 bits per heavy atom. The Bertz CT molecular complexity index is 1470. The van der Waals surface area contributed by atoms with Crippen LogP contribution in [-0.2, 0) is 22.7 Å². The number of halogens is 2. The number of rotatable bonds is 8. The standard InChI is InChI=1S/C25H25Cl2N7O4/c1-29-24(36)21-18(28)20(35)25(38-21)34-12-33-19-22(31-11-32-23(19)34)30-9-14-8-16(27)5-6-17(14)37-10-13-3-2-4-15(26)7-13/h2-8,11-12,18,20-21,25,35H,9-10,28H2,1H3,(H,29,36)(H,30,31,32)/t18-,20+,21-,25+/m0/s1. The first kappa shape index (κ1) is 26.1. The van der Waals surface area contributed by atoms with Crippen LogP contribution in [0.2, 0.25) is 10.0 Å². The highest BCUT2D eigenvalue weighted by atomic mass is 35.5. The number of nitrogens with two attached hydrogens (primary N) is 1. The molecule has 1 aliphatic rings. The normalized spacial score (nSPS) is 21.0. The Balaban J connectivity index is 1.35. The number of aliphatic hydroxyl groups is 1. The lowest BCUT2D eigenvalue weighted by Crippen LogP contribution is -2.46. The summed E-state index contributed by atoms with van der Waals surface area (Å²) in [5, 5.41) is 17.6. The second-order valence-electron chi connectivity index (χ2n) is 8.70. The number of carbonyl (C=O) groups is 1. The van der Waals surface area contributed by atoms with Gasteiger partial charge in [0.1, 0.15) is 24.8 Å². The van der Waals surface area contributed by atoms with E-state index in [4.69, 9.17) is 38.4 Å². The van der Waals surface area contributed by atoms with E-state index in [0.29, 0.717) is 45.9 Å². The van der Waals surface area contributed by atoms with E-state index < -0.39 is 30.4 Å². The van der Waals surface area contributed by atoms with Crippen LogP contribution >= 0.6 is 23.2 Å². The molecule has 0 saturated carbocycles. The number of hydrogen-bond donors (Lipinski definition) is 4. The third-order valence-corrected chi connectivity index (χ3v) is 6.68. The Morgan fingerprint density at radius 2 is 2.00 bits per heavy atom. The van der Waals surface area contributed by atoms with E-state index in [0.717, 1.165) is 11.1 Å². The molecule has 0 aliphatic carbocycles. The highest BCUT2D eigenvalue weighted by Crippen LogP contribution is 2.32. The third kappa shape index (κ3) is 5.24. The fourth-order valence-corrected chi connectivity index (χ4v) is 4.67. The SMILES string of the molecule is CNC(=O)[C@H]1O[C@@H](n2cnc3c(NCc4cc(Cl)ccc4OCc4cccc(Cl)c4)ncnc32)[C@H](O)[C@@H]1N. The first-order chi connectivity index (χ1) is 18.4. The lowest BCUT2D eigenvalue weighted by molar-refractivity contribution is -0.134. The molecule has 2 aromatic carbocycles. The molecule has 2 aromatic heterocycles. The second-order valence-corrected chi connectivity index (χ2v) is 9.57. The molecule has 1 saturated heterocycles. The largest absolute Gasteiger partial charge is 0.489 e. The molecular weight excluding hydrogens is 533 g/mol. The lowest BCUT2D eigenvalue weighted by Gasteiger charge is -2.17. The van der Waals surface area contributed by atoms with Gasteiger partial charge < -0.3 is 30.9 Å². The van der Waals surface area contributed by atoms with Gasteiger partial charge in [0.15, 0.2) is 29.3 Å². The van der Waals surface area contributed by atoms with Gasteiger partial charge in [0.25, 0.3) is 5.91 Å². The van der Waals surface area contributed by atoms with Crippen molar-refractivity contribution in [2.24, 2.45) is 5.73 Å². The van der Waals surface area contributed by atoms with Crippen LogP contribution in [0.4, 0.5) is 5.82 Å². The highest BCUT2D eigenvalue weighted by Gasteiger charge is 2.46. The number of benzene rings is 2. The van der Waals surface area contributed by atoms with Gasteiger partial charge in [0, 0.05) is 29.2 Å². The number of aromatic nitrogens is 4. The molecule has 5 N–H and O–H groups in total. The van der Waals surface area contributed by atoms with Crippen molar-refractivity contribution in [2.75, 3.05) is 12.4 Å². The maximum Gasteiger partial charge on any atom is 0.250 e. The van der Waals surface area contributed by atoms with Crippen LogP contribution in [0.5, 0.6) is 5.75 Å². The maximum atomic E-state index is 12.1. The summed E-state index contributed by atoms with van der Waals surface area (Å²) in [6.45, 7) is 0.664. The molecule has 5 rings (SSSR count). The number of imidazole rings is 1. The van der Waals surface area contributed by atoms with Gasteiger partial charge >= 0.3 is 0 Å². The van der Waals surface area contributed by atoms with Crippen LogP contribution in [0.1, 0.15) is 17.4 Å². The molecule has 4 aromatic rings. The van der Waals surface area contributed by atoms with Crippen LogP contribution in [0, 0.1) is 0 Å². The first-order valence-corrected chi connectivity index (χ1v) is 12.5. The molecule has 0 spiro atoms. The molecule has 11 nitrogen and oxygen atoms in total. The summed E-state index contributed by atoms with van der Waals surface area (Å²) in [6, 6.07) is 11.9. The minimum absolute atomic E-state index is 0.330. The number of anilines is 1. The predicted octanol–water partition coefficient (Wildman–Crippen LogP) is 2.66. The molecule has 0 bridgehead atoms. The van der Waals surface area contributed by atoms with Gasteiger partial charge in [0.05, 0.1) is 12.4 Å². The molecule has 198 valence electrons. The number of ether oxygens (including phenoxy) is 2. The van der Waals surface area contributed by atoms with E-state index >= 15 is 0 Å². The zero-order chi connectivity index (χ0) is 26.8. The lowest BCUT2D eigenvalue weighted by atomic mass is 10.1. The Morgan fingerprint density at radius 3 is 2.79 bits per heavy atom. The van der Waals surface area contributed by atoms with Gasteiger partial charge in [0.2, 0.25) is 0 Å². The molecule has 1 fully saturated rings. The van der Waals surface area contributed by atoms with E-state index in [-0.39, 0.29) is 0 Å². The van der Waals surface area contributed by atoms with Gasteiger partial charge in [-0.15, -0.1) is 0 Å². The van der Waals surface area contributed by atoms with E-state index in [2.05, 4.69) is 25.6 Å². The van der Waals surface area contributed by atoms with Crippen molar-refractivity contribution in [3.05, 3.63) is 76.3 Å². The fourth-order valence-electron chi connectivity index (χ4n) is 4.26. The zero-order valence-corrected chi connectivity index (χ0v) is 21.7. The summed E-state index contributed by atoms with van der Waals surface area (Å²) < 4.78 is 13.4. The van der Waals surface area contributed by atoms with Crippen molar-refractivity contribution in [3.63, 3.8) is 0 Å². The average Bonchev–Trinajstić information content (AvgIpc) is 3.47. The van der Waals surface area contributed by atoms with Crippen molar-refractivity contribution in [3.8, 4) is 5.75 Å². The van der Waals surface area contributed by atoms with E-state index in [1.54, 1.807) is 18.2 Å². The Hall–Kier alpha value is -3.48. The summed E-state index contributed by atoms with van der Waals surface area (Å²) in [7, 11) is 1.48. The zero-order valence-electron chi connectivity index (χ0n) is 20.2. The average molecular weight is 558 g/mol. The highest BCUT2D eigenvalue weighted by molar-refractivity contribution is 6.31. The summed E-state index contributed by atoms with van der Waals surface area (Å²) in [6.07, 6.45) is -0.262. The number of fused-ring (bicyclic) bond motifs is 1. The smallest absolute Gasteiger partial charge is 0.250 e. The summed E-state index contributed by atoms with van der Waals surface area (Å²) >= 11 is 12.3. The number of aliphatic hydroxyl groups excluding tert-OH is 1. The van der Waals surface area contributed by atoms with Gasteiger partial charge in [-0.1, -0.05) is 35.3 Å². The fraction of sp³-hybridized carbons (Fsp3) is 0.280. The van der Waals surface area contributed by atoms with E-state index in [9.17, 15) is 9.90 Å². The number of nitrogens with one attached hydrogen (secondary N) is 2. The van der Waals surface area contributed by atoms with Gasteiger partial charge in [-0.25, -0.2) is 15.0 Å². The molecule has 38 heavy (non-hydrogen) atoms. The minimum atomic E-state index is -1.15. The molecule has 1 aliphatic heterocycles. The number of likely N-dealkylation sites (N-methyl/N-ethyl adjacent to an activating group) is 1. The summed E-state index contributed by atoms with van der Waals surface area (Å²) in [5.74, 6) is 0.680. The summed E-state index contributed by atoms with van der Waals surface area (Å²) in [4.78, 5) is 25.2. The van der Waals surface area contributed by atoms with Crippen LogP contribution in [0.15, 0.2) is 55.1 Å². The monoisotopic (exact) mass is 557 g/mol. The van der Waals surface area contributed by atoms with Gasteiger partial charge in [-0.2, -0.15) is 0 Å². The molecule has 3 heterocycles. The van der Waals surface area contributed by atoms with Crippen LogP contribution in [-0.4, -0.2) is 55.8 Å². The maximum absolute atomic E-state index is 12.1. The Labute approximate surface area is 227 Å². The number of hydrogen-bond acceptors (Lipinski definition) is 9. The first-order valence-electron chi connectivity index (χ1n) is 11.7. The van der Waals surface area contributed by atoms with Gasteiger partial charge in [-0.05, 0) is 35.9 Å². The number of nitrogens with zero attached hydrogens (tertiary/aromatic N) is 4. The van der Waals surface area contributed by atoms with Crippen molar-refractivity contribution in [1.82, 2.24) is 24.8 Å². The van der Waals surface area contributed by atoms with Crippen molar-refractivity contribution >= 4 is 46.1 Å². The third-order valence-electron chi connectivity index (χ3n) is 6.21. The topological polar surface area (TPSA) is 149 Å². The molecule has 13 heteroatoms. The van der Waals surface area contributed by atoms with Crippen molar-refractivity contribution < 1.29 is 19.4 Å². The predicted molar refractivity (Wildman–Crippen MR) is 142 cm³/mol. The molecule has 0 unspecified atom stereocenters. The molecule has 4 atom stereocenters. The number of carbonyl (C=O) groups excluding carboxylic acids is 1. The van der Waals surface area contributed by atoms with Gasteiger partial charge in [-0.3, -0.25) is 9.36 Å². The summed E-state index contributed by atoms with van der Waals surface area (Å²) in [5.41, 5.74) is 8.62.